The predicted molar refractivity (Wildman–Crippen MR) is 106 cm³/mol. The monoisotopic (exact) mass is 394 g/mol. The number of nitriles is 1. The molecule has 0 bridgehead atoms. The molecule has 0 aliphatic carbocycles. The number of rotatable bonds is 7. The molecule has 0 aliphatic heterocycles. The highest BCUT2D eigenvalue weighted by atomic mass is 32.2. The second kappa shape index (κ2) is 9.06. The zero-order valence-corrected chi connectivity index (χ0v) is 16.2. The lowest BCUT2D eigenvalue weighted by atomic mass is 10.1. The van der Waals surface area contributed by atoms with Crippen LogP contribution in [0.15, 0.2) is 52.2 Å². The average molecular weight is 394 g/mol. The van der Waals surface area contributed by atoms with Crippen molar-refractivity contribution < 1.29 is 13.9 Å². The summed E-state index contributed by atoms with van der Waals surface area (Å²) in [5.74, 6) is 0.0118. The van der Waals surface area contributed by atoms with Crippen LogP contribution in [-0.4, -0.2) is 35.3 Å². The highest BCUT2D eigenvalue weighted by Crippen LogP contribution is 2.28. The standard InChI is InChI=1S/C20H18N4O3S/c1-13-5-7-14(8-6-13)17-15(12-21)18(24-20(23-17)28-2)22-9-11-27-19(25)16-4-3-10-26-16/h3-8,10H,9,11H2,1-2H3,(H,22,23,24). The zero-order chi connectivity index (χ0) is 19.9. The minimum Gasteiger partial charge on any atom is -0.458 e. The molecule has 0 amide bonds. The maximum atomic E-state index is 11.8. The van der Waals surface area contributed by atoms with E-state index >= 15 is 0 Å². The van der Waals surface area contributed by atoms with E-state index < -0.39 is 5.97 Å². The molecule has 7 nitrogen and oxygen atoms in total. The van der Waals surface area contributed by atoms with Gasteiger partial charge in [0.05, 0.1) is 18.5 Å². The Labute approximate surface area is 166 Å². The van der Waals surface area contributed by atoms with E-state index in [0.29, 0.717) is 28.8 Å². The average Bonchev–Trinajstić information content (AvgIpc) is 3.26. The van der Waals surface area contributed by atoms with E-state index in [4.69, 9.17) is 9.15 Å². The Morgan fingerprint density at radius 2 is 2.07 bits per heavy atom. The SMILES string of the molecule is CSc1nc(NCCOC(=O)c2ccco2)c(C#N)c(-c2ccc(C)cc2)n1. The molecular formula is C20H18N4O3S. The minimum absolute atomic E-state index is 0.100. The van der Waals surface area contributed by atoms with Gasteiger partial charge in [-0.1, -0.05) is 41.6 Å². The number of furan rings is 1. The molecule has 0 saturated carbocycles. The zero-order valence-electron chi connectivity index (χ0n) is 15.4. The van der Waals surface area contributed by atoms with Crippen molar-refractivity contribution in [3.05, 3.63) is 59.5 Å². The van der Waals surface area contributed by atoms with Gasteiger partial charge in [-0.15, -0.1) is 0 Å². The first-order chi connectivity index (χ1) is 13.6. The number of nitrogens with zero attached hydrogens (tertiary/aromatic N) is 3. The molecule has 0 radical (unpaired) electrons. The summed E-state index contributed by atoms with van der Waals surface area (Å²) < 4.78 is 10.1. The van der Waals surface area contributed by atoms with Crippen LogP contribution in [0.25, 0.3) is 11.3 Å². The number of carbonyl (C=O) groups excluding carboxylic acids is 1. The fraction of sp³-hybridized carbons (Fsp3) is 0.200. The van der Waals surface area contributed by atoms with Crippen molar-refractivity contribution in [3.8, 4) is 17.3 Å². The molecule has 0 spiro atoms. The van der Waals surface area contributed by atoms with Gasteiger partial charge >= 0.3 is 5.97 Å². The fourth-order valence-corrected chi connectivity index (χ4v) is 2.83. The van der Waals surface area contributed by atoms with Crippen LogP contribution in [0.1, 0.15) is 21.7 Å². The number of hydrogen-bond acceptors (Lipinski definition) is 8. The van der Waals surface area contributed by atoms with Crippen LogP contribution in [0, 0.1) is 18.3 Å². The number of benzene rings is 1. The van der Waals surface area contributed by atoms with Gasteiger partial charge in [-0.05, 0) is 25.3 Å². The molecule has 2 heterocycles. The molecule has 1 aromatic carbocycles. The molecule has 3 rings (SSSR count). The number of esters is 1. The van der Waals surface area contributed by atoms with Crippen molar-refractivity contribution in [3.63, 3.8) is 0 Å². The second-order valence-corrected chi connectivity index (χ2v) is 6.57. The third-order valence-electron chi connectivity index (χ3n) is 3.86. The summed E-state index contributed by atoms with van der Waals surface area (Å²) in [5, 5.41) is 13.3. The largest absolute Gasteiger partial charge is 0.458 e. The summed E-state index contributed by atoms with van der Waals surface area (Å²) in [5.41, 5.74) is 2.88. The van der Waals surface area contributed by atoms with Gasteiger partial charge < -0.3 is 14.5 Å². The Morgan fingerprint density at radius 3 is 2.71 bits per heavy atom. The molecule has 0 fully saturated rings. The van der Waals surface area contributed by atoms with Crippen LogP contribution in [0.2, 0.25) is 0 Å². The Hall–Kier alpha value is -3.31. The molecular weight excluding hydrogens is 376 g/mol. The lowest BCUT2D eigenvalue weighted by Crippen LogP contribution is -2.15. The van der Waals surface area contributed by atoms with E-state index in [2.05, 4.69) is 21.4 Å². The number of aryl methyl sites for hydroxylation is 1. The van der Waals surface area contributed by atoms with E-state index in [1.54, 1.807) is 6.07 Å². The molecule has 3 aromatic rings. The van der Waals surface area contributed by atoms with Crippen LogP contribution in [0.4, 0.5) is 5.82 Å². The number of ether oxygens (including phenoxy) is 1. The summed E-state index contributed by atoms with van der Waals surface area (Å²) in [7, 11) is 0. The maximum absolute atomic E-state index is 11.8. The van der Waals surface area contributed by atoms with Gasteiger partial charge in [0.1, 0.15) is 24.1 Å². The third kappa shape index (κ3) is 4.50. The van der Waals surface area contributed by atoms with Gasteiger partial charge in [-0.3, -0.25) is 0 Å². The van der Waals surface area contributed by atoms with Gasteiger partial charge in [-0.25, -0.2) is 14.8 Å². The molecule has 0 unspecified atom stereocenters. The smallest absolute Gasteiger partial charge is 0.374 e. The number of nitrogens with one attached hydrogen (secondary N) is 1. The first-order valence-electron chi connectivity index (χ1n) is 8.50. The number of hydrogen-bond donors (Lipinski definition) is 1. The Balaban J connectivity index is 1.76. The topological polar surface area (TPSA) is 101 Å². The Bertz CT molecular complexity index is 996. The summed E-state index contributed by atoms with van der Waals surface area (Å²) in [6.07, 6.45) is 3.28. The summed E-state index contributed by atoms with van der Waals surface area (Å²) in [6.45, 7) is 2.39. The highest BCUT2D eigenvalue weighted by molar-refractivity contribution is 7.98. The molecule has 0 aliphatic rings. The summed E-state index contributed by atoms with van der Waals surface area (Å²) in [6, 6.07) is 13.1. The van der Waals surface area contributed by atoms with Crippen LogP contribution in [0.3, 0.4) is 0 Å². The van der Waals surface area contributed by atoms with Crippen LogP contribution >= 0.6 is 11.8 Å². The number of carbonyl (C=O) groups is 1. The number of anilines is 1. The molecule has 0 saturated heterocycles. The molecule has 142 valence electrons. The summed E-state index contributed by atoms with van der Waals surface area (Å²) >= 11 is 1.39. The van der Waals surface area contributed by atoms with Crippen LogP contribution in [-0.2, 0) is 4.74 Å². The van der Waals surface area contributed by atoms with Crippen LogP contribution < -0.4 is 5.32 Å². The molecule has 1 N–H and O–H groups in total. The van der Waals surface area contributed by atoms with E-state index in [1.807, 2.05) is 37.4 Å². The quantitative estimate of drug-likeness (QED) is 0.279. The van der Waals surface area contributed by atoms with Crippen molar-refractivity contribution in [2.75, 3.05) is 24.7 Å². The first kappa shape index (κ1) is 19.5. The van der Waals surface area contributed by atoms with Gasteiger partial charge in [0, 0.05) is 5.56 Å². The van der Waals surface area contributed by atoms with Crippen molar-refractivity contribution in [2.24, 2.45) is 0 Å². The predicted octanol–water partition coefficient (Wildman–Crippen LogP) is 3.91. The highest BCUT2D eigenvalue weighted by Gasteiger charge is 2.16. The molecule has 8 heteroatoms. The lowest BCUT2D eigenvalue weighted by Gasteiger charge is -2.12. The second-order valence-electron chi connectivity index (χ2n) is 5.80. The number of thioether (sulfide) groups is 1. The lowest BCUT2D eigenvalue weighted by molar-refractivity contribution is 0.0484. The van der Waals surface area contributed by atoms with Crippen LogP contribution in [0.5, 0.6) is 0 Å². The van der Waals surface area contributed by atoms with E-state index in [1.165, 1.54) is 24.1 Å². The van der Waals surface area contributed by atoms with E-state index in [9.17, 15) is 10.1 Å². The normalized spacial score (nSPS) is 10.3. The van der Waals surface area contributed by atoms with Crippen molar-refractivity contribution >= 4 is 23.5 Å². The minimum atomic E-state index is -0.542. The van der Waals surface area contributed by atoms with Gasteiger partial charge in [0.2, 0.25) is 5.76 Å². The fourth-order valence-electron chi connectivity index (χ4n) is 2.46. The van der Waals surface area contributed by atoms with E-state index in [-0.39, 0.29) is 12.4 Å². The van der Waals surface area contributed by atoms with Gasteiger partial charge in [0.25, 0.3) is 0 Å². The van der Waals surface area contributed by atoms with Crippen molar-refractivity contribution in [2.45, 2.75) is 12.1 Å². The Morgan fingerprint density at radius 1 is 1.29 bits per heavy atom. The molecule has 2 aromatic heterocycles. The Kier molecular flexibility index (Phi) is 6.29. The first-order valence-corrected chi connectivity index (χ1v) is 9.72. The van der Waals surface area contributed by atoms with Gasteiger partial charge in [-0.2, -0.15) is 5.26 Å². The third-order valence-corrected chi connectivity index (χ3v) is 4.41. The summed E-state index contributed by atoms with van der Waals surface area (Å²) in [4.78, 5) is 20.7. The number of aromatic nitrogens is 2. The van der Waals surface area contributed by atoms with Crippen molar-refractivity contribution in [1.29, 1.82) is 5.26 Å². The molecule has 28 heavy (non-hydrogen) atoms. The van der Waals surface area contributed by atoms with Gasteiger partial charge in [0.15, 0.2) is 5.16 Å². The molecule has 0 atom stereocenters. The maximum Gasteiger partial charge on any atom is 0.374 e. The van der Waals surface area contributed by atoms with E-state index in [0.717, 1.165) is 11.1 Å². The van der Waals surface area contributed by atoms with Crippen molar-refractivity contribution in [1.82, 2.24) is 9.97 Å².